The fourth-order valence-corrected chi connectivity index (χ4v) is 1.42. The van der Waals surface area contributed by atoms with Crippen molar-refractivity contribution in [1.29, 1.82) is 0 Å². The average molecular weight is 199 g/mol. The highest BCUT2D eigenvalue weighted by Crippen LogP contribution is 2.15. The molecule has 0 fully saturated rings. The zero-order chi connectivity index (χ0) is 11.1. The van der Waals surface area contributed by atoms with Crippen molar-refractivity contribution in [2.75, 3.05) is 13.6 Å². The van der Waals surface area contributed by atoms with Crippen LogP contribution >= 0.6 is 0 Å². The van der Waals surface area contributed by atoms with Crippen molar-refractivity contribution in [1.82, 2.24) is 5.32 Å². The van der Waals surface area contributed by atoms with Crippen LogP contribution in [0.4, 0.5) is 0 Å². The summed E-state index contributed by atoms with van der Waals surface area (Å²) in [4.78, 5) is 22.9. The molecule has 0 radical (unpaired) electrons. The van der Waals surface area contributed by atoms with Gasteiger partial charge >= 0.3 is 0 Å². The Hall–Kier alpha value is -0.700. The first-order chi connectivity index (χ1) is 6.49. The first-order valence-corrected chi connectivity index (χ1v) is 5.16. The first-order valence-electron chi connectivity index (χ1n) is 5.16. The summed E-state index contributed by atoms with van der Waals surface area (Å²) in [6.07, 6.45) is 1.13. The summed E-state index contributed by atoms with van der Waals surface area (Å²) in [5, 5.41) is 2.91. The van der Waals surface area contributed by atoms with Gasteiger partial charge in [-0.3, -0.25) is 9.59 Å². The maximum Gasteiger partial charge on any atom is 0.144 e. The van der Waals surface area contributed by atoms with Gasteiger partial charge in [0.2, 0.25) is 0 Å². The quantitative estimate of drug-likeness (QED) is 0.631. The van der Waals surface area contributed by atoms with Crippen LogP contribution in [0.3, 0.4) is 0 Å². The summed E-state index contributed by atoms with van der Waals surface area (Å²) in [7, 11) is 1.80. The van der Waals surface area contributed by atoms with E-state index in [4.69, 9.17) is 0 Å². The summed E-state index contributed by atoms with van der Waals surface area (Å²) in [6, 6.07) is 0. The Balaban J connectivity index is 4.19. The number of carbonyl (C=O) groups is 2. The van der Waals surface area contributed by atoms with Gasteiger partial charge in [-0.2, -0.15) is 0 Å². The fourth-order valence-electron chi connectivity index (χ4n) is 1.42. The van der Waals surface area contributed by atoms with E-state index in [1.807, 2.05) is 13.8 Å². The Morgan fingerprint density at radius 3 is 2.21 bits per heavy atom. The minimum Gasteiger partial charge on any atom is -0.319 e. The van der Waals surface area contributed by atoms with Gasteiger partial charge in [0.1, 0.15) is 11.6 Å². The van der Waals surface area contributed by atoms with Gasteiger partial charge < -0.3 is 5.32 Å². The molecule has 14 heavy (non-hydrogen) atoms. The lowest BCUT2D eigenvalue weighted by Crippen LogP contribution is -2.26. The number of hydrogen-bond donors (Lipinski definition) is 1. The van der Waals surface area contributed by atoms with Gasteiger partial charge in [-0.25, -0.2) is 0 Å². The lowest BCUT2D eigenvalue weighted by Gasteiger charge is -2.14. The Labute approximate surface area is 86.3 Å². The molecule has 0 saturated heterocycles. The molecule has 0 heterocycles. The monoisotopic (exact) mass is 199 g/mol. The van der Waals surface area contributed by atoms with Gasteiger partial charge in [-0.05, 0) is 26.3 Å². The van der Waals surface area contributed by atoms with Crippen molar-refractivity contribution in [3.8, 4) is 0 Å². The smallest absolute Gasteiger partial charge is 0.144 e. The molecule has 0 aliphatic carbocycles. The maximum atomic E-state index is 11.6. The molecule has 0 spiro atoms. The second-order valence-electron chi connectivity index (χ2n) is 4.11. The Bertz CT molecular complexity index is 199. The second kappa shape index (κ2) is 6.71. The third kappa shape index (κ3) is 5.12. The molecule has 0 bridgehead atoms. The van der Waals surface area contributed by atoms with Gasteiger partial charge in [0.25, 0.3) is 0 Å². The van der Waals surface area contributed by atoms with Crippen molar-refractivity contribution in [2.24, 2.45) is 11.8 Å². The zero-order valence-corrected chi connectivity index (χ0v) is 9.59. The van der Waals surface area contributed by atoms with Gasteiger partial charge in [0.05, 0.1) is 5.92 Å². The minimum atomic E-state index is -0.386. The minimum absolute atomic E-state index is 0.000182. The van der Waals surface area contributed by atoms with Crippen LogP contribution in [0, 0.1) is 11.8 Å². The third-order valence-electron chi connectivity index (χ3n) is 2.21. The molecule has 0 amide bonds. The molecule has 0 aliphatic rings. The van der Waals surface area contributed by atoms with Gasteiger partial charge in [0.15, 0.2) is 0 Å². The summed E-state index contributed by atoms with van der Waals surface area (Å²) < 4.78 is 0. The molecule has 3 nitrogen and oxygen atoms in total. The highest BCUT2D eigenvalue weighted by molar-refractivity contribution is 6.01. The third-order valence-corrected chi connectivity index (χ3v) is 2.21. The van der Waals surface area contributed by atoms with E-state index in [-0.39, 0.29) is 17.5 Å². The van der Waals surface area contributed by atoms with Crippen molar-refractivity contribution >= 4 is 11.6 Å². The molecule has 0 saturated carbocycles. The average Bonchev–Trinajstić information content (AvgIpc) is 2.09. The lowest BCUT2D eigenvalue weighted by atomic mass is 9.89. The predicted octanol–water partition coefficient (Wildman–Crippen LogP) is 1.42. The van der Waals surface area contributed by atoms with Crippen molar-refractivity contribution in [3.63, 3.8) is 0 Å². The number of nitrogens with one attached hydrogen (secondary N) is 1. The topological polar surface area (TPSA) is 46.2 Å². The molecular formula is C11H21NO2. The van der Waals surface area contributed by atoms with Crippen LogP contribution < -0.4 is 5.32 Å². The lowest BCUT2D eigenvalue weighted by molar-refractivity contribution is -0.132. The molecule has 0 aromatic carbocycles. The number of rotatable bonds is 7. The molecule has 0 aliphatic heterocycles. The summed E-state index contributed by atoms with van der Waals surface area (Å²) in [5.41, 5.74) is 0. The molecule has 0 aromatic rings. The van der Waals surface area contributed by atoms with Crippen LogP contribution in [0.1, 0.15) is 33.6 Å². The van der Waals surface area contributed by atoms with Crippen LogP contribution in [0.2, 0.25) is 0 Å². The van der Waals surface area contributed by atoms with E-state index in [1.165, 1.54) is 6.92 Å². The number of hydrogen-bond acceptors (Lipinski definition) is 3. The standard InChI is InChI=1S/C11H21NO2/c1-8(2)7-10(9(3)13)11(14)5-6-12-4/h8,10,12H,5-7H2,1-4H3/t10-/m1/s1. The molecule has 3 heteroatoms. The van der Waals surface area contributed by atoms with Crippen LogP contribution in [-0.4, -0.2) is 25.2 Å². The molecule has 1 N–H and O–H groups in total. The normalized spacial score (nSPS) is 12.9. The summed E-state index contributed by atoms with van der Waals surface area (Å²) in [5.74, 6) is 0.0751. The van der Waals surface area contributed by atoms with Gasteiger partial charge in [-0.15, -0.1) is 0 Å². The predicted molar refractivity (Wildman–Crippen MR) is 57.2 cm³/mol. The number of carbonyl (C=O) groups excluding carboxylic acids is 2. The van der Waals surface area contributed by atoms with E-state index in [1.54, 1.807) is 7.05 Å². The van der Waals surface area contributed by atoms with Crippen LogP contribution in [-0.2, 0) is 9.59 Å². The molecular weight excluding hydrogens is 178 g/mol. The van der Waals surface area contributed by atoms with E-state index in [0.29, 0.717) is 25.3 Å². The van der Waals surface area contributed by atoms with Crippen LogP contribution in [0.5, 0.6) is 0 Å². The maximum absolute atomic E-state index is 11.6. The molecule has 0 unspecified atom stereocenters. The van der Waals surface area contributed by atoms with E-state index < -0.39 is 0 Å². The van der Waals surface area contributed by atoms with Crippen molar-refractivity contribution in [3.05, 3.63) is 0 Å². The molecule has 82 valence electrons. The summed E-state index contributed by atoms with van der Waals surface area (Å²) >= 11 is 0. The van der Waals surface area contributed by atoms with E-state index in [2.05, 4.69) is 5.32 Å². The fraction of sp³-hybridized carbons (Fsp3) is 0.818. The molecule has 0 rings (SSSR count). The number of ketones is 2. The first kappa shape index (κ1) is 13.3. The Morgan fingerprint density at radius 1 is 1.29 bits per heavy atom. The van der Waals surface area contributed by atoms with E-state index in [0.717, 1.165) is 0 Å². The van der Waals surface area contributed by atoms with Gasteiger partial charge in [-0.1, -0.05) is 13.8 Å². The Morgan fingerprint density at radius 2 is 1.86 bits per heavy atom. The van der Waals surface area contributed by atoms with Crippen LogP contribution in [0.25, 0.3) is 0 Å². The van der Waals surface area contributed by atoms with E-state index in [9.17, 15) is 9.59 Å². The van der Waals surface area contributed by atoms with Crippen molar-refractivity contribution in [2.45, 2.75) is 33.6 Å². The zero-order valence-electron chi connectivity index (χ0n) is 9.59. The number of Topliss-reactive ketones (excluding diaryl/α,β-unsaturated/α-hetero) is 2. The largest absolute Gasteiger partial charge is 0.319 e. The van der Waals surface area contributed by atoms with E-state index >= 15 is 0 Å². The van der Waals surface area contributed by atoms with Crippen LogP contribution in [0.15, 0.2) is 0 Å². The van der Waals surface area contributed by atoms with Gasteiger partial charge in [0, 0.05) is 13.0 Å². The highest BCUT2D eigenvalue weighted by Gasteiger charge is 2.23. The molecule has 1 atom stereocenters. The SMILES string of the molecule is CNCCC(=O)[C@H](CC(C)C)C(C)=O. The Kier molecular flexibility index (Phi) is 6.37. The summed E-state index contributed by atoms with van der Waals surface area (Å²) in [6.45, 7) is 6.22. The molecule has 0 aromatic heterocycles. The second-order valence-corrected chi connectivity index (χ2v) is 4.11. The van der Waals surface area contributed by atoms with Crippen molar-refractivity contribution < 1.29 is 9.59 Å². The highest BCUT2D eigenvalue weighted by atomic mass is 16.1.